The number of rotatable bonds is 4. The van der Waals surface area contributed by atoms with Crippen LogP contribution in [0.1, 0.15) is 6.92 Å². The molecule has 16 heavy (non-hydrogen) atoms. The van der Waals surface area contributed by atoms with Gasteiger partial charge in [0.2, 0.25) is 5.95 Å². The molecule has 0 spiro atoms. The van der Waals surface area contributed by atoms with Gasteiger partial charge in [0, 0.05) is 6.54 Å². The Labute approximate surface area is 102 Å². The van der Waals surface area contributed by atoms with E-state index in [4.69, 9.17) is 16.0 Å². The van der Waals surface area contributed by atoms with Crippen molar-refractivity contribution < 1.29 is 4.42 Å². The van der Waals surface area contributed by atoms with E-state index >= 15 is 0 Å². The topological polar surface area (TPSA) is 63.8 Å². The van der Waals surface area contributed by atoms with Gasteiger partial charge >= 0.3 is 0 Å². The molecule has 2 heterocycles. The Morgan fingerprint density at radius 2 is 2.38 bits per heavy atom. The number of hydrogen-bond acceptors (Lipinski definition) is 6. The van der Waals surface area contributed by atoms with Crippen molar-refractivity contribution in [2.24, 2.45) is 0 Å². The van der Waals surface area contributed by atoms with Crippen LogP contribution in [-0.2, 0) is 0 Å². The second kappa shape index (κ2) is 5.18. The van der Waals surface area contributed by atoms with Crippen molar-refractivity contribution >= 4 is 29.3 Å². The quantitative estimate of drug-likeness (QED) is 0.849. The lowest BCUT2D eigenvalue weighted by Gasteiger charge is -2.04. The summed E-state index contributed by atoms with van der Waals surface area (Å²) < 4.78 is 5.10. The maximum atomic E-state index is 5.97. The fourth-order valence-corrected chi connectivity index (χ4v) is 1.88. The van der Waals surface area contributed by atoms with E-state index in [1.165, 1.54) is 18.0 Å². The van der Waals surface area contributed by atoms with E-state index in [0.29, 0.717) is 21.2 Å². The highest BCUT2D eigenvalue weighted by molar-refractivity contribution is 7.99. The molecule has 0 atom stereocenters. The molecule has 84 valence electrons. The van der Waals surface area contributed by atoms with Gasteiger partial charge in [0.15, 0.2) is 0 Å². The van der Waals surface area contributed by atoms with Crippen molar-refractivity contribution in [3.05, 3.63) is 23.7 Å². The summed E-state index contributed by atoms with van der Waals surface area (Å²) in [6, 6.07) is 0. The van der Waals surface area contributed by atoms with Gasteiger partial charge in [-0.3, -0.25) is 0 Å². The SMILES string of the molecule is CCNc1ncc(Cl)c(Sc2ncco2)n1. The van der Waals surface area contributed by atoms with Crippen LogP contribution >= 0.6 is 23.4 Å². The number of aromatic nitrogens is 3. The second-order valence-electron chi connectivity index (χ2n) is 2.78. The molecule has 0 amide bonds. The van der Waals surface area contributed by atoms with Gasteiger partial charge in [-0.25, -0.2) is 15.0 Å². The first-order valence-corrected chi connectivity index (χ1v) is 5.83. The normalized spacial score (nSPS) is 10.4. The van der Waals surface area contributed by atoms with Gasteiger partial charge < -0.3 is 9.73 Å². The number of halogens is 1. The molecule has 0 aliphatic rings. The summed E-state index contributed by atoms with van der Waals surface area (Å²) in [4.78, 5) is 12.3. The van der Waals surface area contributed by atoms with E-state index in [-0.39, 0.29) is 0 Å². The van der Waals surface area contributed by atoms with Crippen molar-refractivity contribution in [1.29, 1.82) is 0 Å². The highest BCUT2D eigenvalue weighted by Gasteiger charge is 2.09. The predicted molar refractivity (Wildman–Crippen MR) is 61.8 cm³/mol. The molecule has 5 nitrogen and oxygen atoms in total. The van der Waals surface area contributed by atoms with E-state index in [1.54, 1.807) is 12.4 Å². The first kappa shape index (κ1) is 11.2. The van der Waals surface area contributed by atoms with Gasteiger partial charge in [0.1, 0.15) is 11.3 Å². The third-order valence-electron chi connectivity index (χ3n) is 1.64. The van der Waals surface area contributed by atoms with E-state index in [0.717, 1.165) is 6.54 Å². The number of hydrogen-bond donors (Lipinski definition) is 1. The van der Waals surface area contributed by atoms with Gasteiger partial charge in [-0.1, -0.05) is 11.6 Å². The lowest BCUT2D eigenvalue weighted by atomic mass is 10.6. The third kappa shape index (κ3) is 2.65. The molecule has 0 saturated carbocycles. The minimum Gasteiger partial charge on any atom is -0.440 e. The van der Waals surface area contributed by atoms with Crippen molar-refractivity contribution in [3.63, 3.8) is 0 Å². The molecular weight excluding hydrogens is 248 g/mol. The van der Waals surface area contributed by atoms with Crippen LogP contribution in [0.3, 0.4) is 0 Å². The standard InChI is InChI=1S/C9H9ClN4OS/c1-2-11-8-13-5-6(10)7(14-8)16-9-12-3-4-15-9/h3-5H,2H2,1H3,(H,11,13,14). The van der Waals surface area contributed by atoms with Crippen molar-refractivity contribution in [3.8, 4) is 0 Å². The van der Waals surface area contributed by atoms with Crippen LogP contribution in [0.25, 0.3) is 0 Å². The van der Waals surface area contributed by atoms with Crippen LogP contribution in [-0.4, -0.2) is 21.5 Å². The molecule has 0 aromatic carbocycles. The van der Waals surface area contributed by atoms with Gasteiger partial charge in [-0.2, -0.15) is 0 Å². The van der Waals surface area contributed by atoms with Crippen LogP contribution in [0.2, 0.25) is 5.02 Å². The zero-order valence-electron chi connectivity index (χ0n) is 8.48. The minimum atomic E-state index is 0.477. The number of anilines is 1. The largest absolute Gasteiger partial charge is 0.440 e. The molecule has 1 N–H and O–H groups in total. The first-order chi connectivity index (χ1) is 7.79. The summed E-state index contributed by atoms with van der Waals surface area (Å²) in [6.45, 7) is 2.73. The number of nitrogens with zero attached hydrogens (tertiary/aromatic N) is 3. The Bertz CT molecular complexity index is 463. The van der Waals surface area contributed by atoms with Crippen LogP contribution in [0.5, 0.6) is 0 Å². The number of nitrogens with one attached hydrogen (secondary N) is 1. The smallest absolute Gasteiger partial charge is 0.262 e. The van der Waals surface area contributed by atoms with Crippen LogP contribution in [0, 0.1) is 0 Å². The zero-order valence-corrected chi connectivity index (χ0v) is 10.0. The van der Waals surface area contributed by atoms with Crippen molar-refractivity contribution in [2.45, 2.75) is 17.2 Å². The fourth-order valence-electron chi connectivity index (χ4n) is 1.01. The Morgan fingerprint density at radius 1 is 1.50 bits per heavy atom. The lowest BCUT2D eigenvalue weighted by Crippen LogP contribution is -2.02. The highest BCUT2D eigenvalue weighted by atomic mass is 35.5. The Morgan fingerprint density at radius 3 is 3.06 bits per heavy atom. The van der Waals surface area contributed by atoms with Crippen LogP contribution in [0.15, 0.2) is 33.3 Å². The Balaban J connectivity index is 2.21. The summed E-state index contributed by atoms with van der Waals surface area (Å²) in [7, 11) is 0. The summed E-state index contributed by atoms with van der Waals surface area (Å²) in [5.74, 6) is 0.543. The molecule has 2 aromatic heterocycles. The molecule has 0 aliphatic heterocycles. The van der Waals surface area contributed by atoms with Crippen molar-refractivity contribution in [2.75, 3.05) is 11.9 Å². The van der Waals surface area contributed by atoms with Gasteiger partial charge in [-0.15, -0.1) is 0 Å². The molecule has 7 heteroatoms. The molecule has 2 rings (SSSR count). The average Bonchev–Trinajstić information content (AvgIpc) is 2.76. The molecule has 0 saturated heterocycles. The maximum Gasteiger partial charge on any atom is 0.262 e. The van der Waals surface area contributed by atoms with Crippen LogP contribution in [0.4, 0.5) is 5.95 Å². The molecule has 0 bridgehead atoms. The maximum absolute atomic E-state index is 5.97. The van der Waals surface area contributed by atoms with E-state index in [2.05, 4.69) is 20.3 Å². The first-order valence-electron chi connectivity index (χ1n) is 4.63. The minimum absolute atomic E-state index is 0.477. The summed E-state index contributed by atoms with van der Waals surface area (Å²) >= 11 is 7.23. The summed E-state index contributed by atoms with van der Waals surface area (Å²) in [5, 5.41) is 4.61. The average molecular weight is 257 g/mol. The molecule has 0 aliphatic carbocycles. The molecule has 0 fully saturated rings. The third-order valence-corrected chi connectivity index (χ3v) is 2.91. The van der Waals surface area contributed by atoms with Crippen molar-refractivity contribution in [1.82, 2.24) is 15.0 Å². The highest BCUT2D eigenvalue weighted by Crippen LogP contribution is 2.30. The zero-order chi connectivity index (χ0) is 11.4. The second-order valence-corrected chi connectivity index (χ2v) is 4.12. The van der Waals surface area contributed by atoms with Gasteiger partial charge in [-0.05, 0) is 18.7 Å². The van der Waals surface area contributed by atoms with E-state index in [1.807, 2.05) is 6.92 Å². The molecule has 2 aromatic rings. The fraction of sp³-hybridized carbons (Fsp3) is 0.222. The Kier molecular flexibility index (Phi) is 3.63. The monoisotopic (exact) mass is 256 g/mol. The Hall–Kier alpha value is -1.27. The van der Waals surface area contributed by atoms with Crippen LogP contribution < -0.4 is 5.32 Å². The number of oxazole rings is 1. The van der Waals surface area contributed by atoms with E-state index < -0.39 is 0 Å². The summed E-state index contributed by atoms with van der Waals surface area (Å²) in [5.41, 5.74) is 0. The molecule has 0 radical (unpaired) electrons. The molecular formula is C9H9ClN4OS. The van der Waals surface area contributed by atoms with Gasteiger partial charge in [0.25, 0.3) is 5.22 Å². The molecule has 0 unspecified atom stereocenters. The van der Waals surface area contributed by atoms with Gasteiger partial charge in [0.05, 0.1) is 17.4 Å². The lowest BCUT2D eigenvalue weighted by molar-refractivity contribution is 0.454. The predicted octanol–water partition coefficient (Wildman–Crippen LogP) is 2.70. The van der Waals surface area contributed by atoms with E-state index in [9.17, 15) is 0 Å². The summed E-state index contributed by atoms with van der Waals surface area (Å²) in [6.07, 6.45) is 4.63.